The average molecular weight is 326 g/mol. The summed E-state index contributed by atoms with van der Waals surface area (Å²) in [5.41, 5.74) is 1.16. The van der Waals surface area contributed by atoms with Gasteiger partial charge in [0.2, 0.25) is 0 Å². The molecule has 1 saturated heterocycles. The van der Waals surface area contributed by atoms with Gasteiger partial charge in [0.1, 0.15) is 5.75 Å². The Hall–Kier alpha value is -1.01. The fraction of sp³-hybridized carbons (Fsp3) is 0.533. The van der Waals surface area contributed by atoms with Crippen molar-refractivity contribution in [2.75, 3.05) is 37.5 Å². The molecule has 0 bridgehead atoms. The lowest BCUT2D eigenvalue weighted by Crippen LogP contribution is -2.40. The fourth-order valence-corrected chi connectivity index (χ4v) is 4.68. The average Bonchev–Trinajstić information content (AvgIpc) is 2.54. The second kappa shape index (κ2) is 9.10. The van der Waals surface area contributed by atoms with E-state index in [0.29, 0.717) is 11.8 Å². The van der Waals surface area contributed by atoms with Crippen molar-refractivity contribution in [1.29, 1.82) is 0 Å². The van der Waals surface area contributed by atoms with E-state index in [4.69, 9.17) is 4.74 Å². The second-order valence-electron chi connectivity index (χ2n) is 4.81. The fourth-order valence-electron chi connectivity index (χ4n) is 2.07. The molecule has 0 radical (unpaired) electrons. The smallest absolute Gasteiger partial charge is 0.314 e. The third kappa shape index (κ3) is 6.09. The number of carbonyl (C=O) groups is 1. The van der Waals surface area contributed by atoms with Crippen LogP contribution in [0.3, 0.4) is 0 Å². The number of carbonyl (C=O) groups excluding carboxylic acids is 1. The van der Waals surface area contributed by atoms with Crippen molar-refractivity contribution in [1.82, 2.24) is 10.6 Å². The lowest BCUT2D eigenvalue weighted by Gasteiger charge is -2.21. The Kier molecular flexibility index (Phi) is 7.09. The predicted molar refractivity (Wildman–Crippen MR) is 91.7 cm³/mol. The summed E-state index contributed by atoms with van der Waals surface area (Å²) in [6, 6.07) is 7.84. The van der Waals surface area contributed by atoms with Gasteiger partial charge in [0.05, 0.1) is 7.11 Å². The first kappa shape index (κ1) is 16.4. The van der Waals surface area contributed by atoms with E-state index in [0.717, 1.165) is 30.0 Å². The summed E-state index contributed by atoms with van der Waals surface area (Å²) in [4.78, 5) is 11.7. The molecule has 1 heterocycles. The molecule has 0 saturated carbocycles. The molecule has 1 aromatic carbocycles. The van der Waals surface area contributed by atoms with Gasteiger partial charge in [-0.15, -0.1) is 0 Å². The van der Waals surface area contributed by atoms with Gasteiger partial charge in [0.15, 0.2) is 0 Å². The molecule has 0 aromatic heterocycles. The highest BCUT2D eigenvalue weighted by atomic mass is 32.2. The van der Waals surface area contributed by atoms with Gasteiger partial charge >= 0.3 is 6.03 Å². The van der Waals surface area contributed by atoms with Crippen LogP contribution < -0.4 is 15.4 Å². The van der Waals surface area contributed by atoms with Gasteiger partial charge in [0.25, 0.3) is 0 Å². The molecule has 1 aromatic rings. The van der Waals surface area contributed by atoms with E-state index in [1.807, 2.05) is 47.8 Å². The van der Waals surface area contributed by atoms with Crippen molar-refractivity contribution >= 4 is 29.6 Å². The van der Waals surface area contributed by atoms with Crippen LogP contribution in [0.25, 0.3) is 0 Å². The molecule has 4 nitrogen and oxygen atoms in total. The summed E-state index contributed by atoms with van der Waals surface area (Å²) in [7, 11) is 1.66. The Balaban J connectivity index is 1.62. The SMILES string of the molecule is COc1cccc(CCNC(=O)NC[C@H]2CSCCS2)c1. The molecular weight excluding hydrogens is 304 g/mol. The number of amides is 2. The molecule has 1 atom stereocenters. The van der Waals surface area contributed by atoms with Gasteiger partial charge in [-0.2, -0.15) is 23.5 Å². The minimum atomic E-state index is -0.0749. The Bertz CT molecular complexity index is 451. The van der Waals surface area contributed by atoms with Crippen LogP contribution in [0, 0.1) is 0 Å². The highest BCUT2D eigenvalue weighted by Crippen LogP contribution is 2.23. The van der Waals surface area contributed by atoms with E-state index < -0.39 is 0 Å². The highest BCUT2D eigenvalue weighted by Gasteiger charge is 2.14. The second-order valence-corrected chi connectivity index (χ2v) is 7.36. The molecular formula is C15H22N2O2S2. The molecule has 1 aliphatic heterocycles. The van der Waals surface area contributed by atoms with E-state index in [9.17, 15) is 4.79 Å². The number of ether oxygens (including phenoxy) is 1. The van der Waals surface area contributed by atoms with E-state index in [1.165, 1.54) is 11.5 Å². The Morgan fingerprint density at radius 3 is 3.05 bits per heavy atom. The largest absolute Gasteiger partial charge is 0.497 e. The molecule has 6 heteroatoms. The number of urea groups is 1. The number of methoxy groups -OCH3 is 1. The van der Waals surface area contributed by atoms with Crippen LogP contribution in [0.15, 0.2) is 24.3 Å². The number of hydrogen-bond acceptors (Lipinski definition) is 4. The third-order valence-corrected chi connectivity index (χ3v) is 6.05. The lowest BCUT2D eigenvalue weighted by atomic mass is 10.1. The first-order valence-corrected chi connectivity index (χ1v) is 9.32. The number of benzene rings is 1. The van der Waals surface area contributed by atoms with Crippen molar-refractivity contribution in [3.05, 3.63) is 29.8 Å². The zero-order chi connectivity index (χ0) is 14.9. The Morgan fingerprint density at radius 1 is 1.38 bits per heavy atom. The van der Waals surface area contributed by atoms with Crippen LogP contribution in [-0.4, -0.2) is 48.7 Å². The quantitative estimate of drug-likeness (QED) is 0.843. The normalized spacial score (nSPS) is 18.0. The minimum Gasteiger partial charge on any atom is -0.497 e. The number of hydrogen-bond donors (Lipinski definition) is 2. The first-order chi connectivity index (χ1) is 10.3. The number of nitrogens with one attached hydrogen (secondary N) is 2. The van der Waals surface area contributed by atoms with Crippen LogP contribution in [0.5, 0.6) is 5.75 Å². The molecule has 21 heavy (non-hydrogen) atoms. The molecule has 0 aliphatic carbocycles. The van der Waals surface area contributed by atoms with E-state index in [2.05, 4.69) is 10.6 Å². The van der Waals surface area contributed by atoms with Gasteiger partial charge < -0.3 is 15.4 Å². The third-order valence-electron chi connectivity index (χ3n) is 3.21. The van der Waals surface area contributed by atoms with Crippen molar-refractivity contribution in [3.63, 3.8) is 0 Å². The van der Waals surface area contributed by atoms with Crippen molar-refractivity contribution in [2.24, 2.45) is 0 Å². The summed E-state index contributed by atoms with van der Waals surface area (Å²) in [5, 5.41) is 6.40. The molecule has 2 rings (SSSR count). The van der Waals surface area contributed by atoms with Crippen LogP contribution in [0.1, 0.15) is 5.56 Å². The highest BCUT2D eigenvalue weighted by molar-refractivity contribution is 8.06. The van der Waals surface area contributed by atoms with Gasteiger partial charge in [-0.25, -0.2) is 4.79 Å². The molecule has 0 spiro atoms. The summed E-state index contributed by atoms with van der Waals surface area (Å²) in [6.45, 7) is 1.38. The van der Waals surface area contributed by atoms with E-state index in [1.54, 1.807) is 7.11 Å². The summed E-state index contributed by atoms with van der Waals surface area (Å²) in [6.07, 6.45) is 0.804. The molecule has 1 fully saturated rings. The minimum absolute atomic E-state index is 0.0749. The van der Waals surface area contributed by atoms with Crippen molar-refractivity contribution < 1.29 is 9.53 Å². The molecule has 2 amide bonds. The Labute approximate surface area is 134 Å². The number of thioether (sulfide) groups is 2. The standard InChI is InChI=1S/C15H22N2O2S2/c1-19-13-4-2-3-12(9-13)5-6-16-15(18)17-10-14-11-20-7-8-21-14/h2-4,9,14H,5-8,10-11H2,1H3,(H2,16,17,18)/t14-/m0/s1. The Morgan fingerprint density at radius 2 is 2.29 bits per heavy atom. The molecule has 116 valence electrons. The maximum atomic E-state index is 11.7. The lowest BCUT2D eigenvalue weighted by molar-refractivity contribution is 0.241. The van der Waals surface area contributed by atoms with Crippen molar-refractivity contribution in [3.8, 4) is 5.75 Å². The summed E-state index contributed by atoms with van der Waals surface area (Å²) < 4.78 is 5.18. The van der Waals surface area contributed by atoms with E-state index >= 15 is 0 Å². The van der Waals surface area contributed by atoms with E-state index in [-0.39, 0.29) is 6.03 Å². The van der Waals surface area contributed by atoms with Crippen LogP contribution in [-0.2, 0) is 6.42 Å². The molecule has 0 unspecified atom stereocenters. The van der Waals surface area contributed by atoms with Crippen LogP contribution in [0.2, 0.25) is 0 Å². The van der Waals surface area contributed by atoms with Crippen molar-refractivity contribution in [2.45, 2.75) is 11.7 Å². The van der Waals surface area contributed by atoms with Gasteiger partial charge in [-0.1, -0.05) is 12.1 Å². The maximum absolute atomic E-state index is 11.7. The topological polar surface area (TPSA) is 50.4 Å². The van der Waals surface area contributed by atoms with Gasteiger partial charge in [-0.05, 0) is 24.1 Å². The summed E-state index contributed by atoms with van der Waals surface area (Å²) in [5.74, 6) is 4.40. The zero-order valence-corrected chi connectivity index (χ0v) is 13.9. The van der Waals surface area contributed by atoms with Crippen LogP contribution >= 0.6 is 23.5 Å². The molecule has 1 aliphatic rings. The number of rotatable bonds is 6. The zero-order valence-electron chi connectivity index (χ0n) is 12.3. The predicted octanol–water partition coefficient (Wildman–Crippen LogP) is 2.39. The molecule has 2 N–H and O–H groups in total. The van der Waals surface area contributed by atoms with Gasteiger partial charge in [0, 0.05) is 35.6 Å². The van der Waals surface area contributed by atoms with Gasteiger partial charge in [-0.3, -0.25) is 0 Å². The maximum Gasteiger partial charge on any atom is 0.314 e. The van der Waals surface area contributed by atoms with Crippen LogP contribution in [0.4, 0.5) is 4.79 Å². The summed E-state index contributed by atoms with van der Waals surface area (Å²) >= 11 is 3.92. The monoisotopic (exact) mass is 326 g/mol. The first-order valence-electron chi connectivity index (χ1n) is 7.12.